The lowest BCUT2D eigenvalue weighted by Crippen LogP contribution is -2.40. The first-order valence-electron chi connectivity index (χ1n) is 6.44. The molecular weight excluding hydrogens is 313 g/mol. The second kappa shape index (κ2) is 8.22. The van der Waals surface area contributed by atoms with Crippen molar-refractivity contribution in [1.82, 2.24) is 9.80 Å². The Labute approximate surface area is 134 Å². The van der Waals surface area contributed by atoms with Crippen LogP contribution in [0.3, 0.4) is 0 Å². The number of nitrogens with zero attached hydrogens (tertiary/aromatic N) is 2. The van der Waals surface area contributed by atoms with E-state index in [9.17, 15) is 9.59 Å². The van der Waals surface area contributed by atoms with Crippen LogP contribution in [0.15, 0.2) is 18.2 Å². The molecule has 0 saturated heterocycles. The van der Waals surface area contributed by atoms with Crippen molar-refractivity contribution in [2.75, 3.05) is 39.0 Å². The molecule has 1 N–H and O–H groups in total. The lowest BCUT2D eigenvalue weighted by Gasteiger charge is -2.22. The van der Waals surface area contributed by atoms with Gasteiger partial charge in [0.15, 0.2) is 0 Å². The summed E-state index contributed by atoms with van der Waals surface area (Å²) in [7, 11) is 3.82. The SMILES string of the molecule is CC(=O)N(CCN(C)C)CC(=O)Nc1ccc(Cl)c(Cl)c1. The molecule has 0 radical (unpaired) electrons. The molecule has 0 heterocycles. The van der Waals surface area contributed by atoms with Crippen molar-refractivity contribution in [3.63, 3.8) is 0 Å². The van der Waals surface area contributed by atoms with Crippen LogP contribution in [-0.2, 0) is 9.59 Å². The van der Waals surface area contributed by atoms with Gasteiger partial charge in [-0.15, -0.1) is 0 Å². The van der Waals surface area contributed by atoms with Gasteiger partial charge >= 0.3 is 0 Å². The fourth-order valence-electron chi connectivity index (χ4n) is 1.62. The Kier molecular flexibility index (Phi) is 6.95. The number of carbonyl (C=O) groups is 2. The van der Waals surface area contributed by atoms with Gasteiger partial charge in [0.25, 0.3) is 0 Å². The minimum Gasteiger partial charge on any atom is -0.332 e. The molecule has 1 aromatic carbocycles. The van der Waals surface area contributed by atoms with Crippen molar-refractivity contribution in [2.45, 2.75) is 6.92 Å². The first-order chi connectivity index (χ1) is 9.79. The third-order valence-corrected chi connectivity index (χ3v) is 3.54. The van der Waals surface area contributed by atoms with Crippen LogP contribution in [0.2, 0.25) is 10.0 Å². The van der Waals surface area contributed by atoms with Crippen LogP contribution in [-0.4, -0.2) is 55.3 Å². The van der Waals surface area contributed by atoms with Crippen LogP contribution in [0.5, 0.6) is 0 Å². The zero-order chi connectivity index (χ0) is 16.0. The van der Waals surface area contributed by atoms with Crippen molar-refractivity contribution in [3.05, 3.63) is 28.2 Å². The molecule has 7 heteroatoms. The second-order valence-corrected chi connectivity index (χ2v) is 5.74. The Morgan fingerprint density at radius 2 is 1.81 bits per heavy atom. The van der Waals surface area contributed by atoms with E-state index in [1.54, 1.807) is 18.2 Å². The van der Waals surface area contributed by atoms with E-state index in [0.29, 0.717) is 28.8 Å². The van der Waals surface area contributed by atoms with Crippen LogP contribution >= 0.6 is 23.2 Å². The smallest absolute Gasteiger partial charge is 0.243 e. The standard InChI is InChI=1S/C14H19Cl2N3O2/c1-10(20)19(7-6-18(2)3)9-14(21)17-11-4-5-12(15)13(16)8-11/h4-5,8H,6-7,9H2,1-3H3,(H,17,21). The van der Waals surface area contributed by atoms with E-state index in [2.05, 4.69) is 5.32 Å². The molecule has 0 bridgehead atoms. The number of hydrogen-bond acceptors (Lipinski definition) is 3. The van der Waals surface area contributed by atoms with Crippen LogP contribution in [0.4, 0.5) is 5.69 Å². The summed E-state index contributed by atoms with van der Waals surface area (Å²) >= 11 is 11.7. The normalized spacial score (nSPS) is 10.6. The van der Waals surface area contributed by atoms with Gasteiger partial charge in [-0.3, -0.25) is 9.59 Å². The molecule has 5 nitrogen and oxygen atoms in total. The maximum Gasteiger partial charge on any atom is 0.243 e. The van der Waals surface area contributed by atoms with Gasteiger partial charge in [0.05, 0.1) is 16.6 Å². The maximum atomic E-state index is 12.0. The Morgan fingerprint density at radius 1 is 1.14 bits per heavy atom. The van der Waals surface area contributed by atoms with Gasteiger partial charge in [0, 0.05) is 25.7 Å². The molecule has 0 atom stereocenters. The predicted octanol–water partition coefficient (Wildman–Crippen LogP) is 2.34. The van der Waals surface area contributed by atoms with E-state index < -0.39 is 0 Å². The van der Waals surface area contributed by atoms with Crippen molar-refractivity contribution >= 4 is 40.7 Å². The summed E-state index contributed by atoms with van der Waals surface area (Å²) in [5.41, 5.74) is 0.547. The Hall–Kier alpha value is -1.30. The zero-order valence-corrected chi connectivity index (χ0v) is 13.8. The first-order valence-corrected chi connectivity index (χ1v) is 7.20. The maximum absolute atomic E-state index is 12.0. The highest BCUT2D eigenvalue weighted by Gasteiger charge is 2.14. The summed E-state index contributed by atoms with van der Waals surface area (Å²) in [6.07, 6.45) is 0. The molecule has 0 aliphatic rings. The van der Waals surface area contributed by atoms with E-state index in [1.807, 2.05) is 19.0 Å². The molecule has 0 aromatic heterocycles. The highest BCUT2D eigenvalue weighted by Crippen LogP contribution is 2.24. The van der Waals surface area contributed by atoms with E-state index in [-0.39, 0.29) is 18.4 Å². The van der Waals surface area contributed by atoms with Gasteiger partial charge in [-0.2, -0.15) is 0 Å². The molecule has 1 rings (SSSR count). The van der Waals surface area contributed by atoms with Gasteiger partial charge < -0.3 is 15.1 Å². The van der Waals surface area contributed by atoms with Crippen LogP contribution in [0.1, 0.15) is 6.92 Å². The summed E-state index contributed by atoms with van der Waals surface area (Å²) in [4.78, 5) is 26.9. The van der Waals surface area contributed by atoms with Crippen molar-refractivity contribution in [2.24, 2.45) is 0 Å². The lowest BCUT2D eigenvalue weighted by molar-refractivity contribution is -0.132. The molecule has 2 amide bonds. The number of amides is 2. The first kappa shape index (κ1) is 17.8. The molecule has 0 unspecified atom stereocenters. The molecule has 0 fully saturated rings. The van der Waals surface area contributed by atoms with Gasteiger partial charge in [-0.05, 0) is 32.3 Å². The van der Waals surface area contributed by atoms with Crippen molar-refractivity contribution in [1.29, 1.82) is 0 Å². The molecule has 0 spiro atoms. The van der Waals surface area contributed by atoms with E-state index in [4.69, 9.17) is 23.2 Å². The van der Waals surface area contributed by atoms with Crippen molar-refractivity contribution in [3.8, 4) is 0 Å². The monoisotopic (exact) mass is 331 g/mol. The number of anilines is 1. The fourth-order valence-corrected chi connectivity index (χ4v) is 1.91. The molecule has 0 saturated carbocycles. The van der Waals surface area contributed by atoms with Gasteiger partial charge in [0.1, 0.15) is 0 Å². The van der Waals surface area contributed by atoms with Gasteiger partial charge in [-0.1, -0.05) is 23.2 Å². The summed E-state index contributed by atoms with van der Waals surface area (Å²) in [6, 6.07) is 4.83. The number of benzene rings is 1. The van der Waals surface area contributed by atoms with Crippen LogP contribution in [0, 0.1) is 0 Å². The molecule has 21 heavy (non-hydrogen) atoms. The van der Waals surface area contributed by atoms with Gasteiger partial charge in [-0.25, -0.2) is 0 Å². The topological polar surface area (TPSA) is 52.7 Å². The minimum atomic E-state index is -0.276. The minimum absolute atomic E-state index is 0.00339. The number of halogens is 2. The Morgan fingerprint density at radius 3 is 2.33 bits per heavy atom. The largest absolute Gasteiger partial charge is 0.332 e. The van der Waals surface area contributed by atoms with Gasteiger partial charge in [0.2, 0.25) is 11.8 Å². The lowest BCUT2D eigenvalue weighted by atomic mass is 10.3. The molecular formula is C14H19Cl2N3O2. The fraction of sp³-hybridized carbons (Fsp3) is 0.429. The number of rotatable bonds is 6. The van der Waals surface area contributed by atoms with E-state index in [0.717, 1.165) is 0 Å². The van der Waals surface area contributed by atoms with Crippen molar-refractivity contribution < 1.29 is 9.59 Å². The van der Waals surface area contributed by atoms with E-state index >= 15 is 0 Å². The number of carbonyl (C=O) groups excluding carboxylic acids is 2. The third kappa shape index (κ3) is 6.33. The Balaban J connectivity index is 2.60. The molecule has 116 valence electrons. The summed E-state index contributed by atoms with van der Waals surface area (Å²) < 4.78 is 0. The zero-order valence-electron chi connectivity index (χ0n) is 12.3. The highest BCUT2D eigenvalue weighted by molar-refractivity contribution is 6.42. The van der Waals surface area contributed by atoms with E-state index in [1.165, 1.54) is 11.8 Å². The summed E-state index contributed by atoms with van der Waals surface area (Å²) in [6.45, 7) is 2.64. The highest BCUT2D eigenvalue weighted by atomic mass is 35.5. The van der Waals surface area contributed by atoms with Crippen LogP contribution in [0.25, 0.3) is 0 Å². The molecule has 0 aliphatic carbocycles. The predicted molar refractivity (Wildman–Crippen MR) is 85.9 cm³/mol. The molecule has 0 aliphatic heterocycles. The van der Waals surface area contributed by atoms with Crippen LogP contribution < -0.4 is 5.32 Å². The second-order valence-electron chi connectivity index (χ2n) is 4.92. The number of hydrogen-bond donors (Lipinski definition) is 1. The average Bonchev–Trinajstić information content (AvgIpc) is 2.38. The molecule has 1 aromatic rings. The number of likely N-dealkylation sites (N-methyl/N-ethyl adjacent to an activating group) is 1. The Bertz CT molecular complexity index is 521. The number of nitrogens with one attached hydrogen (secondary N) is 1. The quantitative estimate of drug-likeness (QED) is 0.870. The average molecular weight is 332 g/mol. The third-order valence-electron chi connectivity index (χ3n) is 2.80. The summed E-state index contributed by atoms with van der Waals surface area (Å²) in [5.74, 6) is -0.413. The summed E-state index contributed by atoms with van der Waals surface area (Å²) in [5, 5.41) is 3.48.